The molecule has 2 aliphatic heterocycles. The van der Waals surface area contributed by atoms with Gasteiger partial charge in [0.25, 0.3) is 11.8 Å². The third-order valence-corrected chi connectivity index (χ3v) is 6.86. The number of aryl methyl sites for hydroxylation is 1. The van der Waals surface area contributed by atoms with E-state index in [1.165, 1.54) is 11.3 Å². The molecular formula is C21H25N3O2S. The Hall–Kier alpha value is -2.21. The number of aromatic nitrogens is 1. The summed E-state index contributed by atoms with van der Waals surface area (Å²) in [6.45, 7) is 5.14. The largest absolute Gasteiger partial charge is 0.339 e. The van der Waals surface area contributed by atoms with E-state index in [9.17, 15) is 9.59 Å². The SMILES string of the molecule is Cc1nc(C(=O)N2CCC3(CCN(C(=O)c4ccccc4)CC3)CC2)cs1. The van der Waals surface area contributed by atoms with Gasteiger partial charge in [0.1, 0.15) is 5.69 Å². The van der Waals surface area contributed by atoms with Crippen molar-refractivity contribution in [3.63, 3.8) is 0 Å². The lowest BCUT2D eigenvalue weighted by molar-refractivity contribution is 0.0278. The summed E-state index contributed by atoms with van der Waals surface area (Å²) in [7, 11) is 0. The van der Waals surface area contributed by atoms with Crippen molar-refractivity contribution < 1.29 is 9.59 Å². The van der Waals surface area contributed by atoms with Crippen molar-refractivity contribution >= 4 is 23.2 Å². The molecule has 5 nitrogen and oxygen atoms in total. The highest BCUT2D eigenvalue weighted by Gasteiger charge is 2.39. The lowest BCUT2D eigenvalue weighted by Crippen LogP contribution is -2.49. The van der Waals surface area contributed by atoms with E-state index < -0.39 is 0 Å². The van der Waals surface area contributed by atoms with E-state index in [1.807, 2.05) is 52.4 Å². The van der Waals surface area contributed by atoms with Gasteiger partial charge in [-0.2, -0.15) is 0 Å². The molecule has 1 aromatic heterocycles. The van der Waals surface area contributed by atoms with Gasteiger partial charge in [0.05, 0.1) is 5.01 Å². The predicted octanol–water partition coefficient (Wildman–Crippen LogP) is 3.61. The van der Waals surface area contributed by atoms with E-state index >= 15 is 0 Å². The highest BCUT2D eigenvalue weighted by atomic mass is 32.1. The summed E-state index contributed by atoms with van der Waals surface area (Å²) in [4.78, 5) is 33.5. The quantitative estimate of drug-likeness (QED) is 0.796. The molecule has 27 heavy (non-hydrogen) atoms. The second-order valence-corrected chi connectivity index (χ2v) is 8.76. The van der Waals surface area contributed by atoms with E-state index in [1.54, 1.807) is 0 Å². The molecule has 2 fully saturated rings. The van der Waals surface area contributed by atoms with Crippen LogP contribution in [0, 0.1) is 12.3 Å². The molecule has 4 rings (SSSR count). The molecule has 2 saturated heterocycles. The Bertz CT molecular complexity index is 815. The summed E-state index contributed by atoms with van der Waals surface area (Å²) in [5.74, 6) is 0.197. The van der Waals surface area contributed by atoms with E-state index in [0.29, 0.717) is 5.69 Å². The van der Waals surface area contributed by atoms with E-state index in [4.69, 9.17) is 0 Å². The molecule has 1 aromatic carbocycles. The first-order valence-electron chi connectivity index (χ1n) is 9.62. The van der Waals surface area contributed by atoms with Crippen LogP contribution in [0.15, 0.2) is 35.7 Å². The number of hydrogen-bond donors (Lipinski definition) is 0. The topological polar surface area (TPSA) is 53.5 Å². The number of piperidine rings is 2. The fourth-order valence-electron chi connectivity index (χ4n) is 4.26. The predicted molar refractivity (Wildman–Crippen MR) is 106 cm³/mol. The zero-order chi connectivity index (χ0) is 18.9. The lowest BCUT2D eigenvalue weighted by Gasteiger charge is -2.46. The van der Waals surface area contributed by atoms with Crippen LogP contribution in [0.3, 0.4) is 0 Å². The molecule has 2 aromatic rings. The normalized spacial score (nSPS) is 19.3. The molecule has 3 heterocycles. The van der Waals surface area contributed by atoms with Gasteiger partial charge in [0, 0.05) is 37.1 Å². The molecule has 0 aliphatic carbocycles. The lowest BCUT2D eigenvalue weighted by atomic mass is 9.71. The number of carbonyl (C=O) groups excluding carboxylic acids is 2. The van der Waals surface area contributed by atoms with Crippen molar-refractivity contribution in [2.24, 2.45) is 5.41 Å². The first-order valence-corrected chi connectivity index (χ1v) is 10.5. The Kier molecular flexibility index (Phi) is 5.00. The Morgan fingerprint density at radius 3 is 2.00 bits per heavy atom. The number of rotatable bonds is 2. The highest BCUT2D eigenvalue weighted by molar-refractivity contribution is 7.09. The first-order chi connectivity index (χ1) is 13.1. The molecule has 0 saturated carbocycles. The Morgan fingerprint density at radius 1 is 0.926 bits per heavy atom. The maximum absolute atomic E-state index is 12.6. The molecule has 0 radical (unpaired) electrons. The average Bonchev–Trinajstić information content (AvgIpc) is 3.15. The van der Waals surface area contributed by atoms with Gasteiger partial charge in [-0.15, -0.1) is 11.3 Å². The maximum atomic E-state index is 12.6. The van der Waals surface area contributed by atoms with Crippen molar-refractivity contribution in [3.05, 3.63) is 52.0 Å². The molecule has 0 bridgehead atoms. The summed E-state index contributed by atoms with van der Waals surface area (Å²) < 4.78 is 0. The number of thiazole rings is 1. The second-order valence-electron chi connectivity index (χ2n) is 7.70. The minimum absolute atomic E-state index is 0.0610. The fraction of sp³-hybridized carbons (Fsp3) is 0.476. The van der Waals surface area contributed by atoms with E-state index in [-0.39, 0.29) is 17.2 Å². The molecule has 142 valence electrons. The van der Waals surface area contributed by atoms with Crippen LogP contribution in [0.25, 0.3) is 0 Å². The number of amides is 2. The molecule has 1 spiro atoms. The van der Waals surface area contributed by atoms with Crippen molar-refractivity contribution in [2.75, 3.05) is 26.2 Å². The minimum Gasteiger partial charge on any atom is -0.339 e. The molecule has 6 heteroatoms. The smallest absolute Gasteiger partial charge is 0.273 e. The zero-order valence-corrected chi connectivity index (χ0v) is 16.5. The molecule has 0 unspecified atom stereocenters. The number of nitrogens with zero attached hydrogens (tertiary/aromatic N) is 3. The Morgan fingerprint density at radius 2 is 1.48 bits per heavy atom. The van der Waals surface area contributed by atoms with Crippen LogP contribution < -0.4 is 0 Å². The fourth-order valence-corrected chi connectivity index (χ4v) is 4.84. The van der Waals surface area contributed by atoms with Crippen molar-refractivity contribution in [1.29, 1.82) is 0 Å². The van der Waals surface area contributed by atoms with Crippen LogP contribution in [-0.2, 0) is 0 Å². The van der Waals surface area contributed by atoms with Gasteiger partial charge in [0.2, 0.25) is 0 Å². The summed E-state index contributed by atoms with van der Waals surface area (Å²) in [5.41, 5.74) is 1.63. The van der Waals surface area contributed by atoms with Crippen LogP contribution >= 0.6 is 11.3 Å². The molecule has 2 aliphatic rings. The Balaban J connectivity index is 1.32. The summed E-state index contributed by atoms with van der Waals surface area (Å²) in [6.07, 6.45) is 4.11. The second kappa shape index (κ2) is 7.43. The standard InChI is InChI=1S/C21H25N3O2S/c1-16-22-18(15-27-16)20(26)24-13-9-21(10-14-24)7-11-23(12-8-21)19(25)17-5-3-2-4-6-17/h2-6,15H,7-14H2,1H3. The summed E-state index contributed by atoms with van der Waals surface area (Å²) in [5, 5.41) is 2.79. The summed E-state index contributed by atoms with van der Waals surface area (Å²) >= 11 is 1.52. The van der Waals surface area contributed by atoms with Gasteiger partial charge < -0.3 is 9.80 Å². The average molecular weight is 384 g/mol. The van der Waals surface area contributed by atoms with Crippen LogP contribution in [-0.4, -0.2) is 52.8 Å². The van der Waals surface area contributed by atoms with Gasteiger partial charge in [-0.05, 0) is 50.2 Å². The van der Waals surface area contributed by atoms with Crippen LogP contribution in [0.1, 0.15) is 51.5 Å². The van der Waals surface area contributed by atoms with E-state index in [2.05, 4.69) is 4.98 Å². The maximum Gasteiger partial charge on any atom is 0.273 e. The first kappa shape index (κ1) is 18.2. The third-order valence-electron chi connectivity index (χ3n) is 6.08. The van der Waals surface area contributed by atoms with Crippen molar-refractivity contribution in [3.8, 4) is 0 Å². The third kappa shape index (κ3) is 3.76. The van der Waals surface area contributed by atoms with Crippen LogP contribution in [0.2, 0.25) is 0 Å². The molecule has 0 N–H and O–H groups in total. The molecule has 2 amide bonds. The minimum atomic E-state index is 0.0610. The Labute approximate surface area is 164 Å². The highest BCUT2D eigenvalue weighted by Crippen LogP contribution is 2.41. The number of benzene rings is 1. The van der Waals surface area contributed by atoms with E-state index in [0.717, 1.165) is 62.4 Å². The van der Waals surface area contributed by atoms with Crippen molar-refractivity contribution in [1.82, 2.24) is 14.8 Å². The van der Waals surface area contributed by atoms with Gasteiger partial charge >= 0.3 is 0 Å². The zero-order valence-electron chi connectivity index (χ0n) is 15.7. The number of likely N-dealkylation sites (tertiary alicyclic amines) is 2. The number of hydrogen-bond acceptors (Lipinski definition) is 4. The molecule has 0 atom stereocenters. The molecular weight excluding hydrogens is 358 g/mol. The van der Waals surface area contributed by atoms with Crippen molar-refractivity contribution in [2.45, 2.75) is 32.6 Å². The van der Waals surface area contributed by atoms with Gasteiger partial charge in [-0.1, -0.05) is 18.2 Å². The number of carbonyl (C=O) groups is 2. The van der Waals surface area contributed by atoms with Crippen LogP contribution in [0.4, 0.5) is 0 Å². The van der Waals surface area contributed by atoms with Gasteiger partial charge in [-0.25, -0.2) is 4.98 Å². The summed E-state index contributed by atoms with van der Waals surface area (Å²) in [6, 6.07) is 9.53. The van der Waals surface area contributed by atoms with Crippen LogP contribution in [0.5, 0.6) is 0 Å². The van der Waals surface area contributed by atoms with Gasteiger partial charge in [-0.3, -0.25) is 9.59 Å². The van der Waals surface area contributed by atoms with Gasteiger partial charge in [0.15, 0.2) is 0 Å². The monoisotopic (exact) mass is 383 g/mol.